The maximum atomic E-state index is 13.4. The van der Waals surface area contributed by atoms with Crippen molar-refractivity contribution in [1.29, 1.82) is 0 Å². The van der Waals surface area contributed by atoms with Crippen LogP contribution in [0.25, 0.3) is 0 Å². The minimum absolute atomic E-state index is 0.0274. The summed E-state index contributed by atoms with van der Waals surface area (Å²) in [7, 11) is 5.43. The second-order valence-electron chi connectivity index (χ2n) is 8.70. The van der Waals surface area contributed by atoms with Crippen LogP contribution in [0.1, 0.15) is 31.2 Å². The minimum atomic E-state index is -5.08. The van der Waals surface area contributed by atoms with E-state index in [9.17, 15) is 26.7 Å². The van der Waals surface area contributed by atoms with Crippen molar-refractivity contribution in [1.82, 2.24) is 15.3 Å². The molecule has 3 N–H and O–H groups in total. The molecule has 0 aliphatic heterocycles. The van der Waals surface area contributed by atoms with E-state index in [-0.39, 0.29) is 18.1 Å². The molecule has 14 heteroatoms. The lowest BCUT2D eigenvalue weighted by Crippen LogP contribution is -2.45. The summed E-state index contributed by atoms with van der Waals surface area (Å²) in [5.74, 6) is -3.18. The van der Waals surface area contributed by atoms with Crippen molar-refractivity contribution < 1.29 is 36.6 Å². The molecule has 0 spiro atoms. The Morgan fingerprint density at radius 2 is 1.59 bits per heavy atom. The Bertz CT molecular complexity index is 1090. The van der Waals surface area contributed by atoms with Gasteiger partial charge in [0.15, 0.2) is 11.6 Å². The quantitative estimate of drug-likeness (QED) is 0.492. The Kier molecular flexibility index (Phi) is 9.97. The normalized spacial score (nSPS) is 17.2. The summed E-state index contributed by atoms with van der Waals surface area (Å²) in [5.41, 5.74) is 1.32. The number of carbonyl (C=O) groups is 2. The fourth-order valence-electron chi connectivity index (χ4n) is 3.60. The summed E-state index contributed by atoms with van der Waals surface area (Å²) in [6.07, 6.45) is 0.0796. The number of rotatable bonds is 5. The van der Waals surface area contributed by atoms with Crippen molar-refractivity contribution in [2.45, 2.75) is 50.9 Å². The summed E-state index contributed by atoms with van der Waals surface area (Å²) in [6, 6.07) is 3.33. The van der Waals surface area contributed by atoms with Crippen molar-refractivity contribution in [3.8, 4) is 0 Å². The molecule has 204 valence electrons. The van der Waals surface area contributed by atoms with Gasteiger partial charge in [-0.15, -0.1) is 0 Å². The molecule has 0 saturated heterocycles. The van der Waals surface area contributed by atoms with Gasteiger partial charge in [-0.1, -0.05) is 0 Å². The summed E-state index contributed by atoms with van der Waals surface area (Å²) >= 11 is 0. The average Bonchev–Trinajstić information content (AvgIpc) is 2.82. The molecule has 2 aromatic rings. The van der Waals surface area contributed by atoms with Crippen molar-refractivity contribution in [3.05, 3.63) is 41.6 Å². The number of hydrogen-bond donors (Lipinski definition) is 3. The minimum Gasteiger partial charge on any atom is -0.475 e. The zero-order chi connectivity index (χ0) is 27.9. The highest BCUT2D eigenvalue weighted by atomic mass is 19.4. The predicted octanol–water partition coefficient (Wildman–Crippen LogP) is 4.33. The predicted molar refractivity (Wildman–Crippen MR) is 128 cm³/mol. The third kappa shape index (κ3) is 8.72. The van der Waals surface area contributed by atoms with Crippen molar-refractivity contribution >= 4 is 29.5 Å². The van der Waals surface area contributed by atoms with E-state index in [1.165, 1.54) is 18.0 Å². The van der Waals surface area contributed by atoms with E-state index in [0.717, 1.165) is 49.2 Å². The van der Waals surface area contributed by atoms with Crippen molar-refractivity contribution in [2.24, 2.45) is 0 Å². The SMILES string of the molecule is Cc1cnc(N[C@H]2CC[C@@H](NC(=O)N(C)c3ccc(F)c(F)c3)CC2)nc1N(C)C.O=C(O)C(F)(F)F. The Morgan fingerprint density at radius 1 is 1.03 bits per heavy atom. The molecule has 1 aromatic carbocycles. The number of benzene rings is 1. The molecular weight excluding hydrogens is 503 g/mol. The molecule has 1 aliphatic carbocycles. The highest BCUT2D eigenvalue weighted by Crippen LogP contribution is 2.24. The molecular formula is C23H29F5N6O3. The summed E-state index contributed by atoms with van der Waals surface area (Å²) < 4.78 is 58.3. The van der Waals surface area contributed by atoms with Gasteiger partial charge in [-0.25, -0.2) is 23.4 Å². The monoisotopic (exact) mass is 532 g/mol. The summed E-state index contributed by atoms with van der Waals surface area (Å²) in [6.45, 7) is 1.98. The second kappa shape index (κ2) is 12.5. The third-order valence-corrected chi connectivity index (χ3v) is 5.59. The van der Waals surface area contributed by atoms with Crippen LogP contribution in [0.15, 0.2) is 24.4 Å². The summed E-state index contributed by atoms with van der Waals surface area (Å²) in [4.78, 5) is 33.6. The molecule has 0 bridgehead atoms. The van der Waals surface area contributed by atoms with Crippen LogP contribution < -0.4 is 20.4 Å². The van der Waals surface area contributed by atoms with E-state index in [2.05, 4.69) is 20.6 Å². The van der Waals surface area contributed by atoms with Crippen LogP contribution in [-0.4, -0.2) is 66.5 Å². The van der Waals surface area contributed by atoms with Crippen LogP contribution >= 0.6 is 0 Å². The number of halogens is 5. The molecule has 2 amide bonds. The fraction of sp³-hybridized carbons (Fsp3) is 0.478. The lowest BCUT2D eigenvalue weighted by atomic mass is 9.91. The number of carbonyl (C=O) groups excluding carboxylic acids is 1. The van der Waals surface area contributed by atoms with Gasteiger partial charge in [0, 0.05) is 56.7 Å². The molecule has 1 aromatic heterocycles. The van der Waals surface area contributed by atoms with E-state index in [4.69, 9.17) is 9.90 Å². The molecule has 1 aliphatic rings. The number of urea groups is 1. The zero-order valence-corrected chi connectivity index (χ0v) is 20.7. The molecule has 0 atom stereocenters. The molecule has 1 fully saturated rings. The molecule has 3 rings (SSSR count). The van der Waals surface area contributed by atoms with Gasteiger partial charge in [0.05, 0.1) is 0 Å². The highest BCUT2D eigenvalue weighted by Gasteiger charge is 2.38. The number of alkyl halides is 3. The molecule has 1 saturated carbocycles. The Balaban J connectivity index is 0.000000604. The zero-order valence-electron chi connectivity index (χ0n) is 20.7. The number of nitrogens with one attached hydrogen (secondary N) is 2. The van der Waals surface area contributed by atoms with E-state index >= 15 is 0 Å². The number of hydrogen-bond acceptors (Lipinski definition) is 6. The van der Waals surface area contributed by atoms with Gasteiger partial charge in [0.2, 0.25) is 5.95 Å². The van der Waals surface area contributed by atoms with Crippen LogP contribution in [0.2, 0.25) is 0 Å². The number of aromatic nitrogens is 2. The van der Waals surface area contributed by atoms with Gasteiger partial charge in [-0.05, 0) is 44.7 Å². The standard InChI is InChI=1S/C21H28F2N6O.C2HF3O2/c1-13-12-24-20(27-19(13)28(2)3)25-14-5-7-15(8-6-14)26-21(30)29(4)16-9-10-17(22)18(23)11-16;3-2(4,5)1(6)7/h9-12,14-15H,5-8H2,1-4H3,(H,26,30)(H,24,25,27);(H,6,7)/t14-,15+;. The molecule has 37 heavy (non-hydrogen) atoms. The van der Waals surface area contributed by atoms with Gasteiger partial charge in [-0.3, -0.25) is 4.90 Å². The first-order chi connectivity index (χ1) is 17.2. The smallest absolute Gasteiger partial charge is 0.475 e. The highest BCUT2D eigenvalue weighted by molar-refractivity contribution is 5.91. The van der Waals surface area contributed by atoms with E-state index < -0.39 is 23.8 Å². The lowest BCUT2D eigenvalue weighted by molar-refractivity contribution is -0.192. The molecule has 0 radical (unpaired) electrons. The summed E-state index contributed by atoms with van der Waals surface area (Å²) in [5, 5.41) is 13.5. The number of carboxylic acid groups (broad SMARTS) is 1. The molecule has 1 heterocycles. The van der Waals surface area contributed by atoms with Crippen LogP contribution in [0.3, 0.4) is 0 Å². The Morgan fingerprint density at radius 3 is 2.11 bits per heavy atom. The van der Waals surface area contributed by atoms with Crippen molar-refractivity contribution in [3.63, 3.8) is 0 Å². The largest absolute Gasteiger partial charge is 0.490 e. The van der Waals surface area contributed by atoms with Crippen LogP contribution in [0, 0.1) is 18.6 Å². The van der Waals surface area contributed by atoms with Crippen LogP contribution in [-0.2, 0) is 4.79 Å². The first kappa shape index (κ1) is 29.5. The van der Waals surface area contributed by atoms with Gasteiger partial charge in [0.1, 0.15) is 5.82 Å². The first-order valence-corrected chi connectivity index (χ1v) is 11.3. The van der Waals surface area contributed by atoms with Crippen molar-refractivity contribution in [2.75, 3.05) is 36.3 Å². The Hall–Kier alpha value is -3.71. The number of nitrogens with zero attached hydrogens (tertiary/aromatic N) is 4. The van der Waals surface area contributed by atoms with Gasteiger partial charge in [-0.2, -0.15) is 18.2 Å². The average molecular weight is 533 g/mol. The fourth-order valence-corrected chi connectivity index (χ4v) is 3.60. The first-order valence-electron chi connectivity index (χ1n) is 11.3. The van der Waals surface area contributed by atoms with Crippen LogP contribution in [0.4, 0.5) is 44.2 Å². The lowest BCUT2D eigenvalue weighted by Gasteiger charge is -2.31. The number of anilines is 3. The van der Waals surface area contributed by atoms with Gasteiger partial charge >= 0.3 is 18.2 Å². The molecule has 9 nitrogen and oxygen atoms in total. The maximum absolute atomic E-state index is 13.4. The van der Waals surface area contributed by atoms with Crippen LogP contribution in [0.5, 0.6) is 0 Å². The number of amides is 2. The van der Waals surface area contributed by atoms with E-state index in [1.807, 2.05) is 32.1 Å². The number of aliphatic carboxylic acids is 1. The maximum Gasteiger partial charge on any atom is 0.490 e. The number of carboxylic acids is 1. The topological polar surface area (TPSA) is 111 Å². The second-order valence-corrected chi connectivity index (χ2v) is 8.70. The van der Waals surface area contributed by atoms with E-state index in [1.54, 1.807) is 0 Å². The van der Waals surface area contributed by atoms with Gasteiger partial charge in [0.25, 0.3) is 0 Å². The van der Waals surface area contributed by atoms with E-state index in [0.29, 0.717) is 11.6 Å². The Labute approximate surface area is 210 Å². The molecule has 0 unspecified atom stereocenters. The van der Waals surface area contributed by atoms with Gasteiger partial charge < -0.3 is 20.6 Å². The third-order valence-electron chi connectivity index (χ3n) is 5.59. The number of aryl methyl sites for hydroxylation is 1.